The van der Waals surface area contributed by atoms with Crippen LogP contribution in [0.3, 0.4) is 0 Å². The Balaban J connectivity index is 1.59. The Bertz CT molecular complexity index is 794. The SMILES string of the molecule is Cc1cccc(C(=O)N2Cc3ccnn3[C@H](C(=O)NC3CC3)C2)c1. The molecule has 0 spiro atoms. The van der Waals surface area contributed by atoms with Crippen molar-refractivity contribution in [1.82, 2.24) is 20.0 Å². The van der Waals surface area contributed by atoms with E-state index >= 15 is 0 Å². The first kappa shape index (κ1) is 14.9. The topological polar surface area (TPSA) is 67.2 Å². The van der Waals surface area contributed by atoms with E-state index in [9.17, 15) is 9.59 Å². The maximum absolute atomic E-state index is 12.9. The monoisotopic (exact) mass is 324 g/mol. The first-order chi connectivity index (χ1) is 11.6. The first-order valence-electron chi connectivity index (χ1n) is 8.30. The van der Waals surface area contributed by atoms with Crippen molar-refractivity contribution < 1.29 is 9.59 Å². The second-order valence-corrected chi connectivity index (χ2v) is 6.62. The van der Waals surface area contributed by atoms with E-state index < -0.39 is 6.04 Å². The van der Waals surface area contributed by atoms with E-state index in [0.29, 0.717) is 24.7 Å². The number of fused-ring (bicyclic) bond motifs is 1. The largest absolute Gasteiger partial charge is 0.351 e. The summed E-state index contributed by atoms with van der Waals surface area (Å²) in [6, 6.07) is 9.25. The highest BCUT2D eigenvalue weighted by Gasteiger charge is 2.35. The van der Waals surface area contributed by atoms with E-state index in [-0.39, 0.29) is 11.8 Å². The molecule has 4 rings (SSSR count). The van der Waals surface area contributed by atoms with Gasteiger partial charge in [0.15, 0.2) is 0 Å². The molecule has 1 aliphatic heterocycles. The highest BCUT2D eigenvalue weighted by molar-refractivity contribution is 5.95. The van der Waals surface area contributed by atoms with Crippen LogP contribution in [0.15, 0.2) is 36.5 Å². The molecule has 0 bridgehead atoms. The van der Waals surface area contributed by atoms with Crippen LogP contribution in [0.1, 0.15) is 40.5 Å². The Labute approximate surface area is 140 Å². The summed E-state index contributed by atoms with van der Waals surface area (Å²) in [7, 11) is 0. The number of amides is 2. The molecule has 0 radical (unpaired) electrons. The molecule has 2 heterocycles. The zero-order chi connectivity index (χ0) is 16.7. The summed E-state index contributed by atoms with van der Waals surface area (Å²) in [6.07, 6.45) is 3.76. The lowest BCUT2D eigenvalue weighted by Crippen LogP contribution is -2.47. The van der Waals surface area contributed by atoms with E-state index in [4.69, 9.17) is 0 Å². The third-order valence-corrected chi connectivity index (χ3v) is 4.57. The molecule has 1 aromatic heterocycles. The molecule has 1 N–H and O–H groups in total. The van der Waals surface area contributed by atoms with E-state index in [1.165, 1.54) is 0 Å². The Morgan fingerprint density at radius 1 is 1.25 bits per heavy atom. The van der Waals surface area contributed by atoms with Crippen LogP contribution in [0.4, 0.5) is 0 Å². The van der Waals surface area contributed by atoms with Crippen LogP contribution in [0.2, 0.25) is 0 Å². The number of hydrogen-bond donors (Lipinski definition) is 1. The molecule has 1 saturated carbocycles. The van der Waals surface area contributed by atoms with Gasteiger partial charge in [-0.05, 0) is 38.0 Å². The number of nitrogens with one attached hydrogen (secondary N) is 1. The number of carbonyl (C=O) groups is 2. The van der Waals surface area contributed by atoms with Gasteiger partial charge >= 0.3 is 0 Å². The number of carbonyl (C=O) groups excluding carboxylic acids is 2. The molecule has 0 unspecified atom stereocenters. The smallest absolute Gasteiger partial charge is 0.254 e. The average molecular weight is 324 g/mol. The van der Waals surface area contributed by atoms with Gasteiger partial charge in [0, 0.05) is 17.8 Å². The zero-order valence-corrected chi connectivity index (χ0v) is 13.6. The lowest BCUT2D eigenvalue weighted by atomic mass is 10.1. The number of aromatic nitrogens is 2. The summed E-state index contributed by atoms with van der Waals surface area (Å²) in [5, 5.41) is 7.31. The van der Waals surface area contributed by atoms with Gasteiger partial charge in [-0.3, -0.25) is 14.3 Å². The van der Waals surface area contributed by atoms with Crippen LogP contribution < -0.4 is 5.32 Å². The fraction of sp³-hybridized carbons (Fsp3) is 0.389. The van der Waals surface area contributed by atoms with Crippen molar-refractivity contribution in [2.45, 2.75) is 38.4 Å². The molecule has 1 atom stereocenters. The Morgan fingerprint density at radius 3 is 2.83 bits per heavy atom. The summed E-state index contributed by atoms with van der Waals surface area (Å²) >= 11 is 0. The van der Waals surface area contributed by atoms with Crippen molar-refractivity contribution >= 4 is 11.8 Å². The van der Waals surface area contributed by atoms with Crippen molar-refractivity contribution in [3.05, 3.63) is 53.3 Å². The average Bonchev–Trinajstić information content (AvgIpc) is 3.26. The van der Waals surface area contributed by atoms with Gasteiger partial charge in [-0.15, -0.1) is 0 Å². The molecule has 2 aromatic rings. The number of benzene rings is 1. The van der Waals surface area contributed by atoms with Gasteiger partial charge in [0.2, 0.25) is 5.91 Å². The van der Waals surface area contributed by atoms with Gasteiger partial charge in [-0.1, -0.05) is 17.7 Å². The van der Waals surface area contributed by atoms with Crippen molar-refractivity contribution in [1.29, 1.82) is 0 Å². The molecular weight excluding hydrogens is 304 g/mol. The maximum atomic E-state index is 12.9. The predicted molar refractivity (Wildman–Crippen MR) is 88.3 cm³/mol. The summed E-state index contributed by atoms with van der Waals surface area (Å²) in [6.45, 7) is 2.79. The van der Waals surface area contributed by atoms with E-state index in [2.05, 4.69) is 10.4 Å². The maximum Gasteiger partial charge on any atom is 0.254 e. The fourth-order valence-electron chi connectivity index (χ4n) is 3.13. The van der Waals surface area contributed by atoms with Crippen molar-refractivity contribution in [2.24, 2.45) is 0 Å². The fourth-order valence-corrected chi connectivity index (χ4v) is 3.13. The molecule has 6 nitrogen and oxygen atoms in total. The van der Waals surface area contributed by atoms with Gasteiger partial charge in [0.1, 0.15) is 6.04 Å². The third kappa shape index (κ3) is 2.79. The number of aryl methyl sites for hydroxylation is 1. The van der Waals surface area contributed by atoms with Crippen LogP contribution >= 0.6 is 0 Å². The van der Waals surface area contributed by atoms with E-state index in [1.807, 2.05) is 37.3 Å². The van der Waals surface area contributed by atoms with Gasteiger partial charge in [0.25, 0.3) is 5.91 Å². The Hall–Kier alpha value is -2.63. The predicted octanol–water partition coefficient (Wildman–Crippen LogP) is 1.67. The Morgan fingerprint density at radius 2 is 2.08 bits per heavy atom. The lowest BCUT2D eigenvalue weighted by Gasteiger charge is -2.33. The van der Waals surface area contributed by atoms with Crippen molar-refractivity contribution in [3.63, 3.8) is 0 Å². The summed E-state index contributed by atoms with van der Waals surface area (Å²) < 4.78 is 1.75. The zero-order valence-electron chi connectivity index (χ0n) is 13.6. The van der Waals surface area contributed by atoms with Gasteiger partial charge < -0.3 is 10.2 Å². The van der Waals surface area contributed by atoms with Crippen molar-refractivity contribution in [3.8, 4) is 0 Å². The molecule has 24 heavy (non-hydrogen) atoms. The lowest BCUT2D eigenvalue weighted by molar-refractivity contribution is -0.125. The van der Waals surface area contributed by atoms with Gasteiger partial charge in [-0.2, -0.15) is 5.10 Å². The van der Waals surface area contributed by atoms with Crippen LogP contribution in [-0.4, -0.2) is 39.1 Å². The minimum Gasteiger partial charge on any atom is -0.351 e. The minimum absolute atomic E-state index is 0.0460. The third-order valence-electron chi connectivity index (χ3n) is 4.57. The van der Waals surface area contributed by atoms with Crippen LogP contribution in [0.5, 0.6) is 0 Å². The summed E-state index contributed by atoms with van der Waals surface area (Å²) in [5.41, 5.74) is 2.59. The second kappa shape index (κ2) is 5.78. The molecule has 2 amide bonds. The molecule has 0 saturated heterocycles. The summed E-state index contributed by atoms with van der Waals surface area (Å²) in [5.74, 6) is -0.0976. The summed E-state index contributed by atoms with van der Waals surface area (Å²) in [4.78, 5) is 27.1. The molecule has 1 fully saturated rings. The molecule has 2 aliphatic rings. The van der Waals surface area contributed by atoms with Crippen molar-refractivity contribution in [2.75, 3.05) is 6.54 Å². The van der Waals surface area contributed by atoms with E-state index in [0.717, 1.165) is 24.1 Å². The highest BCUT2D eigenvalue weighted by Crippen LogP contribution is 2.25. The van der Waals surface area contributed by atoms with Crippen LogP contribution in [0.25, 0.3) is 0 Å². The molecule has 124 valence electrons. The highest BCUT2D eigenvalue weighted by atomic mass is 16.2. The minimum atomic E-state index is -0.460. The normalized spacial score (nSPS) is 19.7. The number of rotatable bonds is 3. The number of nitrogens with zero attached hydrogens (tertiary/aromatic N) is 3. The Kier molecular flexibility index (Phi) is 3.59. The number of hydrogen-bond acceptors (Lipinski definition) is 3. The molecule has 1 aliphatic carbocycles. The van der Waals surface area contributed by atoms with Gasteiger partial charge in [-0.25, -0.2) is 0 Å². The van der Waals surface area contributed by atoms with Crippen LogP contribution in [0, 0.1) is 6.92 Å². The van der Waals surface area contributed by atoms with E-state index in [1.54, 1.807) is 15.8 Å². The standard InChI is InChI=1S/C18H20N4O2/c1-12-3-2-4-13(9-12)18(24)21-10-15-7-8-19-22(15)16(11-21)17(23)20-14-5-6-14/h2-4,7-9,14,16H,5-6,10-11H2,1H3,(H,20,23)/t16-/m0/s1. The van der Waals surface area contributed by atoms with Crippen LogP contribution in [-0.2, 0) is 11.3 Å². The molecule has 6 heteroatoms. The molecule has 1 aromatic carbocycles. The molecular formula is C18H20N4O2. The van der Waals surface area contributed by atoms with Gasteiger partial charge in [0.05, 0.1) is 18.8 Å². The quantitative estimate of drug-likeness (QED) is 0.934. The first-order valence-corrected chi connectivity index (χ1v) is 8.30. The second-order valence-electron chi connectivity index (χ2n) is 6.62.